The number of carbonyl (C=O) groups is 1. The molecule has 0 aromatic carbocycles. The highest BCUT2D eigenvalue weighted by Gasteiger charge is 2.10. The Hall–Kier alpha value is -0.370. The van der Waals surface area contributed by atoms with Gasteiger partial charge in [0.2, 0.25) is 0 Å². The molecule has 0 amide bonds. The Kier molecular flexibility index (Phi) is 5.99. The van der Waals surface area contributed by atoms with Crippen LogP contribution in [0.5, 0.6) is 0 Å². The quantitative estimate of drug-likeness (QED) is 0.665. The molecule has 0 spiro atoms. The first-order valence-corrected chi connectivity index (χ1v) is 4.86. The average Bonchev–Trinajstić information content (AvgIpc) is 2.02. The molecule has 0 aliphatic rings. The maximum absolute atomic E-state index is 11.2. The Morgan fingerprint density at radius 2 is 2.00 bits per heavy atom. The van der Waals surface area contributed by atoms with Crippen molar-refractivity contribution >= 4 is 5.78 Å². The second-order valence-electron chi connectivity index (χ2n) is 3.77. The van der Waals surface area contributed by atoms with E-state index in [4.69, 9.17) is 5.73 Å². The minimum atomic E-state index is -0.225. The van der Waals surface area contributed by atoms with Gasteiger partial charge in [-0.3, -0.25) is 4.79 Å². The maximum atomic E-state index is 11.2. The van der Waals surface area contributed by atoms with E-state index in [9.17, 15) is 4.79 Å². The first-order chi connectivity index (χ1) is 5.57. The molecule has 1 atom stereocenters. The van der Waals surface area contributed by atoms with E-state index >= 15 is 0 Å². The summed E-state index contributed by atoms with van der Waals surface area (Å²) in [5.74, 6) is 0.911. The fraction of sp³-hybridized carbons (Fsp3) is 0.900. The number of carbonyl (C=O) groups excluding carboxylic acids is 1. The molecule has 2 N–H and O–H groups in total. The van der Waals surface area contributed by atoms with E-state index in [1.54, 1.807) is 0 Å². The van der Waals surface area contributed by atoms with Crippen molar-refractivity contribution in [2.45, 2.75) is 52.5 Å². The van der Waals surface area contributed by atoms with Crippen molar-refractivity contribution in [1.82, 2.24) is 0 Å². The highest BCUT2D eigenvalue weighted by Crippen LogP contribution is 2.07. The summed E-state index contributed by atoms with van der Waals surface area (Å²) in [7, 11) is 0. The third kappa shape index (κ3) is 5.30. The summed E-state index contributed by atoms with van der Waals surface area (Å²) in [6.45, 7) is 6.29. The Morgan fingerprint density at radius 3 is 2.42 bits per heavy atom. The van der Waals surface area contributed by atoms with Crippen LogP contribution in [0.25, 0.3) is 0 Å². The van der Waals surface area contributed by atoms with E-state index in [0.717, 1.165) is 19.3 Å². The van der Waals surface area contributed by atoms with Crippen LogP contribution < -0.4 is 5.73 Å². The molecule has 2 heteroatoms. The summed E-state index contributed by atoms with van der Waals surface area (Å²) in [5, 5.41) is 0. The van der Waals surface area contributed by atoms with Crippen molar-refractivity contribution in [3.05, 3.63) is 0 Å². The lowest BCUT2D eigenvalue weighted by Gasteiger charge is -2.07. The Labute approximate surface area is 75.5 Å². The van der Waals surface area contributed by atoms with E-state index in [1.165, 1.54) is 0 Å². The predicted octanol–water partition coefficient (Wildman–Crippen LogP) is 2.12. The number of Topliss-reactive ketones (excluding diaryl/α,β-unsaturated/α-hetero) is 1. The lowest BCUT2D eigenvalue weighted by Crippen LogP contribution is -2.29. The van der Waals surface area contributed by atoms with Crippen molar-refractivity contribution in [2.24, 2.45) is 11.7 Å². The van der Waals surface area contributed by atoms with Gasteiger partial charge in [-0.15, -0.1) is 0 Å². The SMILES string of the molecule is CCC(N)C(=O)CCCC(C)C. The Bertz CT molecular complexity index is 132. The Balaban J connectivity index is 3.44. The van der Waals surface area contributed by atoms with E-state index in [1.807, 2.05) is 6.92 Å². The van der Waals surface area contributed by atoms with E-state index < -0.39 is 0 Å². The smallest absolute Gasteiger partial charge is 0.149 e. The van der Waals surface area contributed by atoms with Crippen LogP contribution in [0.4, 0.5) is 0 Å². The third-order valence-corrected chi connectivity index (χ3v) is 2.06. The summed E-state index contributed by atoms with van der Waals surface area (Å²) in [5.41, 5.74) is 5.58. The maximum Gasteiger partial charge on any atom is 0.149 e. The van der Waals surface area contributed by atoms with Gasteiger partial charge in [-0.1, -0.05) is 27.2 Å². The van der Waals surface area contributed by atoms with Crippen LogP contribution in [0.3, 0.4) is 0 Å². The fourth-order valence-corrected chi connectivity index (χ4v) is 1.10. The summed E-state index contributed by atoms with van der Waals surface area (Å²) in [4.78, 5) is 11.2. The van der Waals surface area contributed by atoms with Crippen molar-refractivity contribution in [3.8, 4) is 0 Å². The first kappa shape index (κ1) is 11.6. The highest BCUT2D eigenvalue weighted by atomic mass is 16.1. The minimum absolute atomic E-state index is 0.221. The molecule has 1 unspecified atom stereocenters. The molecule has 0 aliphatic heterocycles. The molecular formula is C10H21NO. The van der Waals surface area contributed by atoms with Gasteiger partial charge < -0.3 is 5.73 Å². The van der Waals surface area contributed by atoms with E-state index in [-0.39, 0.29) is 11.8 Å². The lowest BCUT2D eigenvalue weighted by atomic mass is 10.0. The average molecular weight is 171 g/mol. The molecule has 0 heterocycles. The van der Waals surface area contributed by atoms with Crippen LogP contribution in [-0.2, 0) is 4.79 Å². The normalized spacial score (nSPS) is 13.4. The van der Waals surface area contributed by atoms with Gasteiger partial charge in [0.05, 0.1) is 6.04 Å². The zero-order valence-corrected chi connectivity index (χ0v) is 8.47. The van der Waals surface area contributed by atoms with Crippen molar-refractivity contribution in [2.75, 3.05) is 0 Å². The van der Waals surface area contributed by atoms with Gasteiger partial charge in [-0.05, 0) is 18.8 Å². The van der Waals surface area contributed by atoms with Crippen molar-refractivity contribution in [3.63, 3.8) is 0 Å². The monoisotopic (exact) mass is 171 g/mol. The molecule has 12 heavy (non-hydrogen) atoms. The molecule has 0 rings (SSSR count). The van der Waals surface area contributed by atoms with Gasteiger partial charge in [0, 0.05) is 6.42 Å². The summed E-state index contributed by atoms with van der Waals surface area (Å²) in [6.07, 6.45) is 3.54. The molecule has 72 valence electrons. The van der Waals surface area contributed by atoms with Gasteiger partial charge in [0.15, 0.2) is 0 Å². The number of hydrogen-bond acceptors (Lipinski definition) is 2. The van der Waals surface area contributed by atoms with Crippen LogP contribution in [-0.4, -0.2) is 11.8 Å². The number of ketones is 1. The predicted molar refractivity (Wildman–Crippen MR) is 52.0 cm³/mol. The summed E-state index contributed by atoms with van der Waals surface area (Å²) < 4.78 is 0. The van der Waals surface area contributed by atoms with Crippen LogP contribution in [0.15, 0.2) is 0 Å². The summed E-state index contributed by atoms with van der Waals surface area (Å²) in [6, 6.07) is -0.225. The second-order valence-corrected chi connectivity index (χ2v) is 3.77. The van der Waals surface area contributed by atoms with Crippen molar-refractivity contribution in [1.29, 1.82) is 0 Å². The molecule has 0 aromatic rings. The molecule has 0 fully saturated rings. The van der Waals surface area contributed by atoms with Gasteiger partial charge in [-0.2, -0.15) is 0 Å². The van der Waals surface area contributed by atoms with Crippen LogP contribution in [0.2, 0.25) is 0 Å². The van der Waals surface area contributed by atoms with Gasteiger partial charge >= 0.3 is 0 Å². The highest BCUT2D eigenvalue weighted by molar-refractivity contribution is 5.83. The van der Waals surface area contributed by atoms with Crippen molar-refractivity contribution < 1.29 is 4.79 Å². The number of hydrogen-bond donors (Lipinski definition) is 1. The molecule has 0 saturated carbocycles. The van der Waals surface area contributed by atoms with Gasteiger partial charge in [0.1, 0.15) is 5.78 Å². The second kappa shape index (κ2) is 6.18. The Morgan fingerprint density at radius 1 is 1.42 bits per heavy atom. The topological polar surface area (TPSA) is 43.1 Å². The van der Waals surface area contributed by atoms with E-state index in [0.29, 0.717) is 12.3 Å². The number of nitrogens with two attached hydrogens (primary N) is 1. The third-order valence-electron chi connectivity index (χ3n) is 2.06. The zero-order chi connectivity index (χ0) is 9.56. The van der Waals surface area contributed by atoms with Crippen LogP contribution in [0.1, 0.15) is 46.5 Å². The molecule has 0 aromatic heterocycles. The molecule has 0 bridgehead atoms. The first-order valence-electron chi connectivity index (χ1n) is 4.86. The largest absolute Gasteiger partial charge is 0.322 e. The number of rotatable bonds is 6. The molecule has 0 radical (unpaired) electrons. The lowest BCUT2D eigenvalue weighted by molar-refractivity contribution is -0.120. The molecule has 0 aliphatic carbocycles. The fourth-order valence-electron chi connectivity index (χ4n) is 1.10. The van der Waals surface area contributed by atoms with E-state index in [2.05, 4.69) is 13.8 Å². The van der Waals surface area contributed by atoms with Gasteiger partial charge in [0.25, 0.3) is 0 Å². The minimum Gasteiger partial charge on any atom is -0.322 e. The van der Waals surface area contributed by atoms with Crippen LogP contribution in [0, 0.1) is 5.92 Å². The zero-order valence-electron chi connectivity index (χ0n) is 8.47. The molecule has 2 nitrogen and oxygen atoms in total. The standard InChI is InChI=1S/C10H21NO/c1-4-9(11)10(12)7-5-6-8(2)3/h8-9H,4-7,11H2,1-3H3. The molecule has 0 saturated heterocycles. The van der Waals surface area contributed by atoms with Crippen LogP contribution >= 0.6 is 0 Å². The van der Waals surface area contributed by atoms with Gasteiger partial charge in [-0.25, -0.2) is 0 Å². The summed E-state index contributed by atoms with van der Waals surface area (Å²) >= 11 is 0. The molecular weight excluding hydrogens is 150 g/mol.